The summed E-state index contributed by atoms with van der Waals surface area (Å²) in [5, 5.41) is 0. The van der Waals surface area contributed by atoms with Gasteiger partial charge in [-0.3, -0.25) is 14.4 Å². The molecule has 0 radical (unpaired) electrons. The second-order valence-electron chi connectivity index (χ2n) is 19.2. The van der Waals surface area contributed by atoms with Gasteiger partial charge in [0.15, 0.2) is 6.10 Å². The van der Waals surface area contributed by atoms with Gasteiger partial charge in [0, 0.05) is 19.3 Å². The minimum Gasteiger partial charge on any atom is -0.462 e. The van der Waals surface area contributed by atoms with E-state index in [1.165, 1.54) is 186 Å². The smallest absolute Gasteiger partial charge is 0.306 e. The van der Waals surface area contributed by atoms with Crippen LogP contribution < -0.4 is 0 Å². The van der Waals surface area contributed by atoms with Crippen molar-refractivity contribution in [1.29, 1.82) is 0 Å². The monoisotopic (exact) mass is 925 g/mol. The van der Waals surface area contributed by atoms with Crippen molar-refractivity contribution < 1.29 is 28.6 Å². The molecular weight excluding hydrogens is 817 g/mol. The van der Waals surface area contributed by atoms with Crippen LogP contribution in [0.15, 0.2) is 48.6 Å². The van der Waals surface area contributed by atoms with E-state index >= 15 is 0 Å². The molecule has 0 saturated carbocycles. The van der Waals surface area contributed by atoms with Gasteiger partial charge in [-0.15, -0.1) is 0 Å². The highest BCUT2D eigenvalue weighted by atomic mass is 16.6. The number of carbonyl (C=O) groups is 3. The predicted octanol–water partition coefficient (Wildman–Crippen LogP) is 19.0. The molecule has 0 bridgehead atoms. The average molecular weight is 926 g/mol. The maximum Gasteiger partial charge on any atom is 0.306 e. The number of rotatable bonds is 52. The van der Waals surface area contributed by atoms with Gasteiger partial charge in [-0.05, 0) is 57.8 Å². The number of carbonyl (C=O) groups excluding carboxylic acids is 3. The molecule has 1 atom stereocenters. The maximum atomic E-state index is 12.8. The molecule has 0 heterocycles. The SMILES string of the molecule is CCCCC/C=C\C/C=C\C/C=C\C/C=C\CCCC(=O)OC[C@@H](COC(=O)CCCCCCCCCCCCCCCCC)OC(=O)CCCCCCCCCCCCCCCCCC. The molecule has 0 rings (SSSR count). The number of esters is 3. The second kappa shape index (κ2) is 55.0. The van der Waals surface area contributed by atoms with Crippen LogP contribution >= 0.6 is 0 Å². The van der Waals surface area contributed by atoms with Gasteiger partial charge in [0.2, 0.25) is 0 Å². The summed E-state index contributed by atoms with van der Waals surface area (Å²) in [6.45, 7) is 6.60. The molecule has 0 fully saturated rings. The molecule has 0 aliphatic carbocycles. The molecule has 384 valence electrons. The lowest BCUT2D eigenvalue weighted by atomic mass is 10.0. The molecule has 0 aromatic rings. The number of allylic oxidation sites excluding steroid dienone is 8. The molecule has 0 unspecified atom stereocenters. The van der Waals surface area contributed by atoms with Crippen LogP contribution in [0.25, 0.3) is 0 Å². The average Bonchev–Trinajstić information content (AvgIpc) is 3.31. The van der Waals surface area contributed by atoms with Crippen molar-refractivity contribution in [2.75, 3.05) is 13.2 Å². The zero-order chi connectivity index (χ0) is 47.9. The fraction of sp³-hybridized carbons (Fsp3) is 0.817. The third-order valence-electron chi connectivity index (χ3n) is 12.6. The van der Waals surface area contributed by atoms with E-state index in [1.807, 2.05) is 0 Å². The van der Waals surface area contributed by atoms with E-state index in [1.54, 1.807) is 0 Å². The number of hydrogen-bond donors (Lipinski definition) is 0. The van der Waals surface area contributed by atoms with E-state index in [4.69, 9.17) is 14.2 Å². The van der Waals surface area contributed by atoms with Gasteiger partial charge in [0.25, 0.3) is 0 Å². The summed E-state index contributed by atoms with van der Waals surface area (Å²) in [7, 11) is 0. The van der Waals surface area contributed by atoms with E-state index in [0.29, 0.717) is 19.3 Å². The summed E-state index contributed by atoms with van der Waals surface area (Å²) in [6, 6.07) is 0. The van der Waals surface area contributed by atoms with Crippen molar-refractivity contribution in [2.45, 2.75) is 303 Å². The van der Waals surface area contributed by atoms with Crippen molar-refractivity contribution >= 4 is 17.9 Å². The third-order valence-corrected chi connectivity index (χ3v) is 12.6. The van der Waals surface area contributed by atoms with Gasteiger partial charge < -0.3 is 14.2 Å². The summed E-state index contributed by atoms with van der Waals surface area (Å²) in [4.78, 5) is 38.1. The fourth-order valence-electron chi connectivity index (χ4n) is 8.26. The van der Waals surface area contributed by atoms with E-state index in [0.717, 1.165) is 64.2 Å². The Morgan fingerprint density at radius 1 is 0.303 bits per heavy atom. The van der Waals surface area contributed by atoms with Gasteiger partial charge in [0.1, 0.15) is 13.2 Å². The van der Waals surface area contributed by atoms with Crippen LogP contribution in [0.5, 0.6) is 0 Å². The van der Waals surface area contributed by atoms with Crippen molar-refractivity contribution in [3.05, 3.63) is 48.6 Å². The molecule has 6 nitrogen and oxygen atoms in total. The van der Waals surface area contributed by atoms with Gasteiger partial charge in [-0.1, -0.05) is 268 Å². The summed E-state index contributed by atoms with van der Waals surface area (Å²) < 4.78 is 16.8. The number of hydrogen-bond acceptors (Lipinski definition) is 6. The topological polar surface area (TPSA) is 78.9 Å². The minimum absolute atomic E-state index is 0.0855. The van der Waals surface area contributed by atoms with Gasteiger partial charge in [0.05, 0.1) is 0 Å². The summed E-state index contributed by atoms with van der Waals surface area (Å²) in [5.74, 6) is -0.928. The first-order chi connectivity index (χ1) is 32.5. The molecule has 0 aliphatic heterocycles. The highest BCUT2D eigenvalue weighted by Crippen LogP contribution is 2.16. The first-order valence-corrected chi connectivity index (χ1v) is 28.6. The van der Waals surface area contributed by atoms with E-state index in [9.17, 15) is 14.4 Å². The number of unbranched alkanes of at least 4 members (excludes halogenated alkanes) is 33. The molecule has 0 aliphatic rings. The fourth-order valence-corrected chi connectivity index (χ4v) is 8.26. The Bertz CT molecular complexity index is 1150. The molecule has 66 heavy (non-hydrogen) atoms. The first-order valence-electron chi connectivity index (χ1n) is 28.6. The van der Waals surface area contributed by atoms with Crippen LogP contribution in [0.3, 0.4) is 0 Å². The Labute approximate surface area is 409 Å². The van der Waals surface area contributed by atoms with Crippen LogP contribution in [0.1, 0.15) is 297 Å². The van der Waals surface area contributed by atoms with Crippen molar-refractivity contribution in [2.24, 2.45) is 0 Å². The predicted molar refractivity (Wildman–Crippen MR) is 284 cm³/mol. The molecule has 6 heteroatoms. The van der Waals surface area contributed by atoms with Crippen LogP contribution in [0.2, 0.25) is 0 Å². The summed E-state index contributed by atoms with van der Waals surface area (Å²) in [6.07, 6.45) is 66.7. The highest BCUT2D eigenvalue weighted by molar-refractivity contribution is 5.71. The Kier molecular flexibility index (Phi) is 52.8. The lowest BCUT2D eigenvalue weighted by Gasteiger charge is -2.18. The van der Waals surface area contributed by atoms with Gasteiger partial charge in [-0.25, -0.2) is 0 Å². The summed E-state index contributed by atoms with van der Waals surface area (Å²) in [5.41, 5.74) is 0. The molecule has 0 N–H and O–H groups in total. The molecule has 0 aromatic carbocycles. The lowest BCUT2D eigenvalue weighted by molar-refractivity contribution is -0.167. The Morgan fingerprint density at radius 3 is 0.909 bits per heavy atom. The Morgan fingerprint density at radius 2 is 0.561 bits per heavy atom. The maximum absolute atomic E-state index is 12.8. The quantitative estimate of drug-likeness (QED) is 0.0262. The lowest BCUT2D eigenvalue weighted by Crippen LogP contribution is -2.30. The highest BCUT2D eigenvalue weighted by Gasteiger charge is 2.19. The van der Waals surface area contributed by atoms with Crippen molar-refractivity contribution in [3.63, 3.8) is 0 Å². The molecule has 0 spiro atoms. The van der Waals surface area contributed by atoms with Crippen LogP contribution in [-0.4, -0.2) is 37.2 Å². The third kappa shape index (κ3) is 52.3. The van der Waals surface area contributed by atoms with Crippen LogP contribution in [0, 0.1) is 0 Å². The molecule has 0 saturated heterocycles. The standard InChI is InChI=1S/C60H108O6/c1-4-7-10-13-16-19-22-25-28-30-33-35-38-41-44-47-50-53-59(62)65-56-57(55-64-58(61)52-49-46-43-40-37-34-31-27-24-21-18-15-12-9-6-3)66-60(63)54-51-48-45-42-39-36-32-29-26-23-20-17-14-11-8-5-2/h16,19,25,28,33,35,41,44,57H,4-15,17-18,20-24,26-27,29-32,34,36-40,42-43,45-56H2,1-3H3/b19-16-,28-25-,35-33-,44-41-/t57-/m1/s1. The van der Waals surface area contributed by atoms with Crippen molar-refractivity contribution in [1.82, 2.24) is 0 Å². The second-order valence-corrected chi connectivity index (χ2v) is 19.2. The van der Waals surface area contributed by atoms with Gasteiger partial charge >= 0.3 is 17.9 Å². The van der Waals surface area contributed by atoms with E-state index < -0.39 is 6.10 Å². The molecule has 0 aromatic heterocycles. The summed E-state index contributed by atoms with van der Waals surface area (Å²) >= 11 is 0. The Balaban J connectivity index is 4.42. The van der Waals surface area contributed by atoms with Crippen molar-refractivity contribution in [3.8, 4) is 0 Å². The number of ether oxygens (including phenoxy) is 3. The van der Waals surface area contributed by atoms with E-state index in [2.05, 4.69) is 69.4 Å². The zero-order valence-electron chi connectivity index (χ0n) is 44.0. The van der Waals surface area contributed by atoms with Crippen LogP contribution in [0.4, 0.5) is 0 Å². The normalized spacial score (nSPS) is 12.3. The zero-order valence-corrected chi connectivity index (χ0v) is 44.0. The molecule has 0 amide bonds. The Hall–Kier alpha value is -2.63. The van der Waals surface area contributed by atoms with Crippen LogP contribution in [-0.2, 0) is 28.6 Å². The van der Waals surface area contributed by atoms with E-state index in [-0.39, 0.29) is 37.5 Å². The molecular formula is C60H108O6. The minimum atomic E-state index is -0.791. The van der Waals surface area contributed by atoms with Gasteiger partial charge in [-0.2, -0.15) is 0 Å². The largest absolute Gasteiger partial charge is 0.462 e. The first kappa shape index (κ1) is 63.4.